The number of amides is 1. The molecule has 5 nitrogen and oxygen atoms in total. The van der Waals surface area contributed by atoms with Gasteiger partial charge in [-0.3, -0.25) is 4.79 Å². The van der Waals surface area contributed by atoms with Crippen LogP contribution in [0, 0.1) is 0 Å². The normalized spacial score (nSPS) is 17.9. The highest BCUT2D eigenvalue weighted by Gasteiger charge is 2.30. The van der Waals surface area contributed by atoms with E-state index in [0.717, 1.165) is 10.0 Å². The van der Waals surface area contributed by atoms with Gasteiger partial charge in [-0.2, -0.15) is 15.3 Å². The fourth-order valence-electron chi connectivity index (χ4n) is 1.93. The highest BCUT2D eigenvalue weighted by Crippen LogP contribution is 2.19. The molecule has 1 N–H and O–H groups in total. The SMILES string of the molecule is O=C1NN=C(c2ccccc2)C1N=Nc1ccc(Br)cc1. The molecule has 1 unspecified atom stereocenters. The predicted molar refractivity (Wildman–Crippen MR) is 83.6 cm³/mol. The smallest absolute Gasteiger partial charge is 0.270 e. The second-order valence-electron chi connectivity index (χ2n) is 4.43. The molecule has 1 aliphatic rings. The van der Waals surface area contributed by atoms with Gasteiger partial charge in [-0.15, -0.1) is 0 Å². The monoisotopic (exact) mass is 342 g/mol. The summed E-state index contributed by atoms with van der Waals surface area (Å²) in [5, 5.41) is 12.3. The lowest BCUT2D eigenvalue weighted by atomic mass is 10.0. The third kappa shape index (κ3) is 3.05. The van der Waals surface area contributed by atoms with Crippen molar-refractivity contribution in [3.05, 3.63) is 64.6 Å². The van der Waals surface area contributed by atoms with E-state index >= 15 is 0 Å². The summed E-state index contributed by atoms with van der Waals surface area (Å²) in [6.07, 6.45) is 0. The Morgan fingerprint density at radius 1 is 1.05 bits per heavy atom. The van der Waals surface area contributed by atoms with Crippen LogP contribution < -0.4 is 5.43 Å². The predicted octanol–water partition coefficient (Wildman–Crippen LogP) is 3.44. The number of rotatable bonds is 3. The van der Waals surface area contributed by atoms with E-state index in [9.17, 15) is 4.79 Å². The van der Waals surface area contributed by atoms with Gasteiger partial charge in [-0.1, -0.05) is 46.3 Å². The molecule has 1 aliphatic heterocycles. The standard InChI is InChI=1S/C15H11BrN4O/c16-11-6-8-12(9-7-11)17-19-14-13(18-20-15(14)21)10-4-2-1-3-5-10/h1-9,14H,(H,20,21). The van der Waals surface area contributed by atoms with Gasteiger partial charge in [0.05, 0.1) is 5.69 Å². The molecule has 0 bridgehead atoms. The van der Waals surface area contributed by atoms with E-state index in [-0.39, 0.29) is 5.91 Å². The Bertz CT molecular complexity index is 710. The number of carbonyl (C=O) groups is 1. The molecule has 0 fully saturated rings. The van der Waals surface area contributed by atoms with Gasteiger partial charge in [0.1, 0.15) is 5.71 Å². The van der Waals surface area contributed by atoms with E-state index in [1.165, 1.54) is 0 Å². The Hall–Kier alpha value is -2.34. The zero-order valence-corrected chi connectivity index (χ0v) is 12.5. The number of hydrogen-bond donors (Lipinski definition) is 1. The van der Waals surface area contributed by atoms with Crippen molar-refractivity contribution in [1.29, 1.82) is 0 Å². The molecular weight excluding hydrogens is 332 g/mol. The quantitative estimate of drug-likeness (QED) is 0.853. The van der Waals surface area contributed by atoms with E-state index in [2.05, 4.69) is 36.7 Å². The molecule has 104 valence electrons. The minimum absolute atomic E-state index is 0.269. The minimum atomic E-state index is -0.712. The number of azo groups is 1. The van der Waals surface area contributed by atoms with Crippen LogP contribution in [-0.2, 0) is 4.79 Å². The maximum absolute atomic E-state index is 11.8. The number of hydrogen-bond acceptors (Lipinski definition) is 4. The molecule has 2 aromatic carbocycles. The van der Waals surface area contributed by atoms with E-state index < -0.39 is 6.04 Å². The maximum Gasteiger partial charge on any atom is 0.273 e. The Morgan fingerprint density at radius 3 is 2.48 bits per heavy atom. The van der Waals surface area contributed by atoms with Crippen LogP contribution in [0.1, 0.15) is 5.56 Å². The fourth-order valence-corrected chi connectivity index (χ4v) is 2.20. The maximum atomic E-state index is 11.8. The van der Waals surface area contributed by atoms with Gasteiger partial charge in [-0.05, 0) is 24.3 Å². The number of nitrogens with one attached hydrogen (secondary N) is 1. The third-order valence-corrected chi connectivity index (χ3v) is 3.51. The topological polar surface area (TPSA) is 66.2 Å². The van der Waals surface area contributed by atoms with Crippen molar-refractivity contribution in [2.45, 2.75) is 6.04 Å². The lowest BCUT2D eigenvalue weighted by Gasteiger charge is -2.04. The van der Waals surface area contributed by atoms with Crippen LogP contribution in [0.3, 0.4) is 0 Å². The summed E-state index contributed by atoms with van der Waals surface area (Å²) in [5.74, 6) is -0.269. The average Bonchev–Trinajstić information content (AvgIpc) is 2.89. The van der Waals surface area contributed by atoms with Gasteiger partial charge in [0.15, 0.2) is 6.04 Å². The number of nitrogens with zero attached hydrogens (tertiary/aromatic N) is 3. The van der Waals surface area contributed by atoms with E-state index in [1.807, 2.05) is 54.6 Å². The number of halogens is 1. The molecular formula is C15H11BrN4O. The van der Waals surface area contributed by atoms with Gasteiger partial charge in [0.2, 0.25) is 0 Å². The van der Waals surface area contributed by atoms with Crippen molar-refractivity contribution in [2.24, 2.45) is 15.3 Å². The van der Waals surface area contributed by atoms with Crippen LogP contribution in [0.15, 0.2) is 74.4 Å². The second-order valence-corrected chi connectivity index (χ2v) is 5.35. The van der Waals surface area contributed by atoms with Crippen LogP contribution in [-0.4, -0.2) is 17.7 Å². The Morgan fingerprint density at radius 2 is 1.76 bits per heavy atom. The van der Waals surface area contributed by atoms with Crippen molar-refractivity contribution in [3.8, 4) is 0 Å². The lowest BCUT2D eigenvalue weighted by Crippen LogP contribution is -2.27. The summed E-state index contributed by atoms with van der Waals surface area (Å²) in [4.78, 5) is 11.8. The average molecular weight is 343 g/mol. The first-order valence-corrected chi connectivity index (χ1v) is 7.12. The van der Waals surface area contributed by atoms with Crippen LogP contribution in [0.25, 0.3) is 0 Å². The summed E-state index contributed by atoms with van der Waals surface area (Å²) in [7, 11) is 0. The third-order valence-electron chi connectivity index (χ3n) is 2.98. The zero-order valence-electron chi connectivity index (χ0n) is 10.9. The van der Waals surface area contributed by atoms with E-state index in [0.29, 0.717) is 11.4 Å². The van der Waals surface area contributed by atoms with E-state index in [1.54, 1.807) is 0 Å². The lowest BCUT2D eigenvalue weighted by molar-refractivity contribution is -0.120. The van der Waals surface area contributed by atoms with E-state index in [4.69, 9.17) is 0 Å². The zero-order chi connectivity index (χ0) is 14.7. The number of hydrazone groups is 1. The van der Waals surface area contributed by atoms with Gasteiger partial charge in [0.25, 0.3) is 5.91 Å². The van der Waals surface area contributed by atoms with Crippen LogP contribution >= 0.6 is 15.9 Å². The van der Waals surface area contributed by atoms with Gasteiger partial charge < -0.3 is 0 Å². The van der Waals surface area contributed by atoms with Gasteiger partial charge in [-0.25, -0.2) is 5.43 Å². The Labute approximate surface area is 129 Å². The van der Waals surface area contributed by atoms with Gasteiger partial charge in [0, 0.05) is 10.0 Å². The summed E-state index contributed by atoms with van der Waals surface area (Å²) < 4.78 is 0.964. The molecule has 0 aromatic heterocycles. The molecule has 0 aliphatic carbocycles. The summed E-state index contributed by atoms with van der Waals surface area (Å²) in [6.45, 7) is 0. The van der Waals surface area contributed by atoms with Crippen molar-refractivity contribution in [2.75, 3.05) is 0 Å². The first-order valence-electron chi connectivity index (χ1n) is 6.33. The molecule has 1 atom stereocenters. The highest BCUT2D eigenvalue weighted by molar-refractivity contribution is 9.10. The Kier molecular flexibility index (Phi) is 3.87. The minimum Gasteiger partial charge on any atom is -0.270 e. The molecule has 0 saturated heterocycles. The van der Waals surface area contributed by atoms with Crippen LogP contribution in [0.2, 0.25) is 0 Å². The molecule has 3 rings (SSSR count). The first kappa shape index (κ1) is 13.6. The molecule has 0 spiro atoms. The summed E-state index contributed by atoms with van der Waals surface area (Å²) in [6, 6.07) is 16.1. The number of carbonyl (C=O) groups excluding carboxylic acids is 1. The molecule has 1 heterocycles. The summed E-state index contributed by atoms with van der Waals surface area (Å²) >= 11 is 3.36. The fraction of sp³-hybridized carbons (Fsp3) is 0.0667. The van der Waals surface area contributed by atoms with Gasteiger partial charge >= 0.3 is 0 Å². The molecule has 0 saturated carbocycles. The second kappa shape index (κ2) is 5.97. The van der Waals surface area contributed by atoms with Crippen molar-refractivity contribution < 1.29 is 4.79 Å². The molecule has 6 heteroatoms. The van der Waals surface area contributed by atoms with Crippen molar-refractivity contribution >= 4 is 33.2 Å². The molecule has 2 aromatic rings. The molecule has 21 heavy (non-hydrogen) atoms. The first-order chi connectivity index (χ1) is 10.2. The Balaban J connectivity index is 1.84. The highest BCUT2D eigenvalue weighted by atomic mass is 79.9. The van der Waals surface area contributed by atoms with Crippen molar-refractivity contribution in [3.63, 3.8) is 0 Å². The molecule has 0 radical (unpaired) electrons. The molecule has 1 amide bonds. The van der Waals surface area contributed by atoms with Crippen molar-refractivity contribution in [1.82, 2.24) is 5.43 Å². The number of benzene rings is 2. The van der Waals surface area contributed by atoms with Crippen LogP contribution in [0.4, 0.5) is 5.69 Å². The van der Waals surface area contributed by atoms with Crippen LogP contribution in [0.5, 0.6) is 0 Å². The summed E-state index contributed by atoms with van der Waals surface area (Å²) in [5.41, 5.74) is 4.58. The largest absolute Gasteiger partial charge is 0.273 e.